The van der Waals surface area contributed by atoms with Crippen molar-refractivity contribution in [1.82, 2.24) is 0 Å². The Morgan fingerprint density at radius 2 is 1.26 bits per heavy atom. The molecule has 7 nitrogen and oxygen atoms in total. The van der Waals surface area contributed by atoms with Gasteiger partial charge in [-0.1, -0.05) is 42.5 Å². The van der Waals surface area contributed by atoms with E-state index in [1.165, 1.54) is 6.08 Å². The van der Waals surface area contributed by atoms with Gasteiger partial charge in [-0.25, -0.2) is 0 Å². The Morgan fingerprint density at radius 1 is 0.657 bits per heavy atom. The highest BCUT2D eigenvalue weighted by Gasteiger charge is 2.13. The Bertz CT molecular complexity index is 1210. The van der Waals surface area contributed by atoms with E-state index < -0.39 is 0 Å². The zero-order valence-electron chi connectivity index (χ0n) is 20.5. The van der Waals surface area contributed by atoms with Gasteiger partial charge in [0.05, 0.1) is 41.2 Å². The molecule has 3 aromatic carbocycles. The highest BCUT2D eigenvalue weighted by Crippen LogP contribution is 2.39. The summed E-state index contributed by atoms with van der Waals surface area (Å²) >= 11 is 0. The van der Waals surface area contributed by atoms with Crippen molar-refractivity contribution >= 4 is 29.8 Å². The van der Waals surface area contributed by atoms with Gasteiger partial charge in [-0.2, -0.15) is 0 Å². The van der Waals surface area contributed by atoms with Gasteiger partial charge in [0.25, 0.3) is 0 Å². The maximum Gasteiger partial charge on any atom is 0.248 e. The van der Waals surface area contributed by atoms with Gasteiger partial charge in [0.2, 0.25) is 11.7 Å². The second-order valence-corrected chi connectivity index (χ2v) is 7.28. The normalized spacial score (nSPS) is 10.9. The first-order chi connectivity index (χ1) is 17.0. The fraction of sp³-hybridized carbons (Fsp3) is 0.179. The van der Waals surface area contributed by atoms with E-state index in [9.17, 15) is 4.79 Å². The number of rotatable bonds is 10. The van der Waals surface area contributed by atoms with Crippen LogP contribution < -0.4 is 29.0 Å². The summed E-state index contributed by atoms with van der Waals surface area (Å²) in [5.74, 6) is 2.53. The number of ether oxygens (including phenoxy) is 5. The summed E-state index contributed by atoms with van der Waals surface area (Å²) < 4.78 is 27.1. The zero-order valence-corrected chi connectivity index (χ0v) is 20.5. The summed E-state index contributed by atoms with van der Waals surface area (Å²) in [4.78, 5) is 12.8. The van der Waals surface area contributed by atoms with Gasteiger partial charge in [0.15, 0.2) is 11.5 Å². The van der Waals surface area contributed by atoms with Crippen LogP contribution >= 0.6 is 0 Å². The molecular formula is C28H29NO6. The molecule has 0 aliphatic carbocycles. The smallest absolute Gasteiger partial charge is 0.248 e. The standard InChI is InChI=1S/C28H29NO6/c1-31-22-11-7-6-9-20(22)15-16-26(30)29-27-21(10-8-12-23(27)32-2)14-13-19-17-24(33-3)28(35-5)25(18-19)34-4/h6-18H,1-5H3,(H,29,30)/b14-13+,16-15+. The molecule has 0 atom stereocenters. The van der Waals surface area contributed by atoms with Crippen molar-refractivity contribution in [2.45, 2.75) is 0 Å². The van der Waals surface area contributed by atoms with Gasteiger partial charge < -0.3 is 29.0 Å². The molecule has 3 rings (SSSR count). The van der Waals surface area contributed by atoms with Gasteiger partial charge in [-0.3, -0.25) is 4.79 Å². The molecule has 0 heterocycles. The Hall–Kier alpha value is -4.39. The van der Waals surface area contributed by atoms with Crippen LogP contribution in [0.25, 0.3) is 18.2 Å². The number of amides is 1. The van der Waals surface area contributed by atoms with Gasteiger partial charge >= 0.3 is 0 Å². The minimum atomic E-state index is -0.303. The molecule has 0 saturated heterocycles. The number of hydrogen-bond donors (Lipinski definition) is 1. The molecule has 0 aliphatic heterocycles. The monoisotopic (exact) mass is 475 g/mol. The van der Waals surface area contributed by atoms with Crippen LogP contribution in [-0.4, -0.2) is 41.5 Å². The number of carbonyl (C=O) groups is 1. The zero-order chi connectivity index (χ0) is 25.2. The third kappa shape index (κ3) is 6.14. The molecule has 0 fully saturated rings. The lowest BCUT2D eigenvalue weighted by molar-refractivity contribution is -0.111. The van der Waals surface area contributed by atoms with Gasteiger partial charge in [-0.05, 0) is 35.9 Å². The summed E-state index contributed by atoms with van der Waals surface area (Å²) in [7, 11) is 7.85. The van der Waals surface area contributed by atoms with Crippen LogP contribution in [0.15, 0.2) is 60.7 Å². The average molecular weight is 476 g/mol. The summed E-state index contributed by atoms with van der Waals surface area (Å²) in [6.07, 6.45) is 6.92. The summed E-state index contributed by atoms with van der Waals surface area (Å²) in [5, 5.41) is 2.93. The topological polar surface area (TPSA) is 75.3 Å². The van der Waals surface area contributed by atoms with E-state index in [1.54, 1.807) is 47.7 Å². The minimum absolute atomic E-state index is 0.303. The molecule has 0 bridgehead atoms. The van der Waals surface area contributed by atoms with E-state index in [-0.39, 0.29) is 5.91 Å². The Morgan fingerprint density at radius 3 is 1.89 bits per heavy atom. The predicted molar refractivity (Wildman–Crippen MR) is 139 cm³/mol. The first kappa shape index (κ1) is 25.2. The molecule has 0 unspecified atom stereocenters. The number of anilines is 1. The van der Waals surface area contributed by atoms with Crippen LogP contribution in [0, 0.1) is 0 Å². The van der Waals surface area contributed by atoms with E-state index >= 15 is 0 Å². The lowest BCUT2D eigenvalue weighted by Crippen LogP contribution is -2.10. The highest BCUT2D eigenvalue weighted by molar-refractivity contribution is 6.04. The van der Waals surface area contributed by atoms with Crippen LogP contribution in [-0.2, 0) is 4.79 Å². The summed E-state index contributed by atoms with van der Waals surface area (Å²) in [5.41, 5.74) is 2.94. The Kier molecular flexibility index (Phi) is 8.78. The summed E-state index contributed by atoms with van der Waals surface area (Å²) in [6.45, 7) is 0. The number of methoxy groups -OCH3 is 5. The number of benzene rings is 3. The van der Waals surface area contributed by atoms with Crippen molar-refractivity contribution in [1.29, 1.82) is 0 Å². The van der Waals surface area contributed by atoms with Crippen molar-refractivity contribution in [3.63, 3.8) is 0 Å². The van der Waals surface area contributed by atoms with Crippen LogP contribution in [0.1, 0.15) is 16.7 Å². The van der Waals surface area contributed by atoms with E-state index in [0.29, 0.717) is 34.4 Å². The average Bonchev–Trinajstić information content (AvgIpc) is 2.90. The van der Waals surface area contributed by atoms with Crippen molar-refractivity contribution in [2.75, 3.05) is 40.9 Å². The van der Waals surface area contributed by atoms with Crippen molar-refractivity contribution in [3.8, 4) is 28.7 Å². The van der Waals surface area contributed by atoms with Gasteiger partial charge in [0.1, 0.15) is 11.5 Å². The first-order valence-corrected chi connectivity index (χ1v) is 10.8. The van der Waals surface area contributed by atoms with Crippen molar-refractivity contribution in [3.05, 3.63) is 77.4 Å². The molecule has 182 valence electrons. The molecule has 0 aliphatic rings. The fourth-order valence-corrected chi connectivity index (χ4v) is 3.51. The SMILES string of the molecule is COc1ccccc1/C=C/C(=O)Nc1c(/C=C/c2cc(OC)c(OC)c(OC)c2)cccc1OC. The molecule has 0 aromatic heterocycles. The predicted octanol–water partition coefficient (Wildman–Crippen LogP) is 5.55. The molecule has 0 radical (unpaired) electrons. The number of hydrogen-bond acceptors (Lipinski definition) is 6. The van der Waals surface area contributed by atoms with E-state index in [1.807, 2.05) is 60.7 Å². The first-order valence-electron chi connectivity index (χ1n) is 10.8. The lowest BCUT2D eigenvalue weighted by atomic mass is 10.1. The maximum absolute atomic E-state index is 12.8. The van der Waals surface area contributed by atoms with E-state index in [4.69, 9.17) is 23.7 Å². The number of carbonyl (C=O) groups excluding carboxylic acids is 1. The highest BCUT2D eigenvalue weighted by atomic mass is 16.5. The van der Waals surface area contributed by atoms with Crippen LogP contribution in [0.4, 0.5) is 5.69 Å². The molecule has 3 aromatic rings. The molecular weight excluding hydrogens is 446 g/mol. The fourth-order valence-electron chi connectivity index (χ4n) is 3.51. The molecule has 0 saturated carbocycles. The maximum atomic E-state index is 12.8. The number of para-hydroxylation sites is 2. The van der Waals surface area contributed by atoms with Gasteiger partial charge in [-0.15, -0.1) is 0 Å². The molecule has 35 heavy (non-hydrogen) atoms. The second-order valence-electron chi connectivity index (χ2n) is 7.28. The lowest BCUT2D eigenvalue weighted by Gasteiger charge is -2.14. The van der Waals surface area contributed by atoms with Crippen LogP contribution in [0.2, 0.25) is 0 Å². The Balaban J connectivity index is 1.90. The van der Waals surface area contributed by atoms with Crippen LogP contribution in [0.3, 0.4) is 0 Å². The molecule has 1 N–H and O–H groups in total. The van der Waals surface area contributed by atoms with Gasteiger partial charge in [0, 0.05) is 17.2 Å². The third-order valence-corrected chi connectivity index (χ3v) is 5.22. The minimum Gasteiger partial charge on any atom is -0.496 e. The quantitative estimate of drug-likeness (QED) is 0.306. The van der Waals surface area contributed by atoms with Crippen molar-refractivity contribution < 1.29 is 28.5 Å². The van der Waals surface area contributed by atoms with E-state index in [0.717, 1.165) is 16.7 Å². The van der Waals surface area contributed by atoms with E-state index in [2.05, 4.69) is 5.32 Å². The van der Waals surface area contributed by atoms with Crippen LogP contribution in [0.5, 0.6) is 28.7 Å². The molecule has 1 amide bonds. The number of nitrogens with one attached hydrogen (secondary N) is 1. The third-order valence-electron chi connectivity index (χ3n) is 5.22. The second kappa shape index (κ2) is 12.2. The Labute approximate surface area is 205 Å². The molecule has 0 spiro atoms. The van der Waals surface area contributed by atoms with Crippen molar-refractivity contribution in [2.24, 2.45) is 0 Å². The largest absolute Gasteiger partial charge is 0.496 e. The molecule has 7 heteroatoms. The summed E-state index contributed by atoms with van der Waals surface area (Å²) in [6, 6.07) is 16.7.